The van der Waals surface area contributed by atoms with Crippen molar-refractivity contribution in [1.82, 2.24) is 0 Å². The second kappa shape index (κ2) is 109. The molecular weight excluding hydrogens is 337 g/mol. The van der Waals surface area contributed by atoms with E-state index in [-0.39, 0.29) is 143 Å². The Morgan fingerprint density at radius 2 is 0.333 bits per heavy atom. The van der Waals surface area contributed by atoms with Crippen molar-refractivity contribution in [2.24, 2.45) is 0 Å². The molecule has 0 fully saturated rings. The normalized spacial score (nSPS) is 0. The van der Waals surface area contributed by atoms with E-state index in [1.807, 2.05) is 0 Å². The molecule has 9 heteroatoms. The quantitative estimate of drug-likeness (QED) is 0.467. The molecule has 9 heavy (non-hydrogen) atoms. The first-order valence-corrected chi connectivity index (χ1v) is 0. The Morgan fingerprint density at radius 1 is 0.333 bits per heavy atom. The minimum absolute atomic E-state index is 0. The van der Waals surface area contributed by atoms with Crippen LogP contribution in [0.5, 0.6) is 0 Å². The molecule has 0 heterocycles. The van der Waals surface area contributed by atoms with Gasteiger partial charge in [0.25, 0.3) is 0 Å². The van der Waals surface area contributed by atoms with Crippen molar-refractivity contribution in [2.45, 2.75) is 0 Å². The Balaban J connectivity index is 0. The molecule has 0 atom stereocenters. The van der Waals surface area contributed by atoms with Gasteiger partial charge in [-0.3, -0.25) is 0 Å². The number of hydrogen-bond donors (Lipinski definition) is 0. The molecule has 6 nitrogen and oxygen atoms in total. The maximum atomic E-state index is 0. The molecule has 0 rings (SSSR count). The van der Waals surface area contributed by atoms with Gasteiger partial charge in [0, 0.05) is 0 Å². The molecule has 48 valence electrons. The molecule has 0 saturated heterocycles. The third-order valence-electron chi connectivity index (χ3n) is 0. The average Bonchev–Trinajstić information content (AvgIpc) is 0. The van der Waals surface area contributed by atoms with E-state index in [0.717, 1.165) is 0 Å². The molecule has 0 spiro atoms. The summed E-state index contributed by atoms with van der Waals surface area (Å²) in [5.74, 6) is 0. The first-order chi connectivity index (χ1) is 0. The van der Waals surface area contributed by atoms with Crippen LogP contribution >= 0.6 is 0 Å². The second-order valence-corrected chi connectivity index (χ2v) is 0. The number of hydrogen-bond acceptors (Lipinski definition) is 6. The summed E-state index contributed by atoms with van der Waals surface area (Å²) in [5, 5.41) is 0. The third-order valence-corrected chi connectivity index (χ3v) is 0. The predicted molar refractivity (Wildman–Crippen MR) is 23.1 cm³/mol. The van der Waals surface area contributed by atoms with Gasteiger partial charge in [-0.15, -0.1) is 0 Å². The van der Waals surface area contributed by atoms with E-state index in [9.17, 15) is 0 Å². The van der Waals surface area contributed by atoms with E-state index >= 15 is 0 Å². The van der Waals surface area contributed by atoms with E-state index in [0.29, 0.717) is 0 Å². The molecule has 0 aromatic heterocycles. The van der Waals surface area contributed by atoms with E-state index in [1.54, 1.807) is 0 Å². The van der Waals surface area contributed by atoms with Crippen molar-refractivity contribution in [1.29, 1.82) is 0 Å². The minimum Gasteiger partial charge on any atom is -0.870 e. The molecule has 6 N–H and O–H groups in total. The summed E-state index contributed by atoms with van der Waals surface area (Å²) < 4.78 is 0. The Hall–Kier alpha value is 3.34. The topological polar surface area (TPSA) is 180 Å². The summed E-state index contributed by atoms with van der Waals surface area (Å²) >= 11 is 0. The zero-order valence-electron chi connectivity index (χ0n) is 4.80. The fourth-order valence-corrected chi connectivity index (χ4v) is 0. The van der Waals surface area contributed by atoms with Gasteiger partial charge >= 0.3 is 110 Å². The van der Waals surface area contributed by atoms with Crippen LogP contribution in [0.4, 0.5) is 0 Å². The minimum atomic E-state index is 0. The summed E-state index contributed by atoms with van der Waals surface area (Å²) in [5.41, 5.74) is 0. The Labute approximate surface area is 140 Å². The molecule has 0 radical (unpaired) electrons. The zero-order valence-corrected chi connectivity index (χ0v) is 14.7. The molecular formula is H6O6Sr2Zn. The SMILES string of the molecule is [OH-].[OH-].[OH-].[OH-].[OH-].[OH-].[Sr+2].[Sr+2].[Zn+2]. The van der Waals surface area contributed by atoms with Crippen LogP contribution in [-0.2, 0) is 19.5 Å². The molecule has 0 aliphatic rings. The van der Waals surface area contributed by atoms with Gasteiger partial charge in [-0.25, -0.2) is 0 Å². The van der Waals surface area contributed by atoms with Crippen molar-refractivity contribution in [2.75, 3.05) is 0 Å². The average molecular weight is 343 g/mol. The van der Waals surface area contributed by atoms with Crippen molar-refractivity contribution in [3.8, 4) is 0 Å². The molecule has 0 bridgehead atoms. The fraction of sp³-hybridized carbons (Fsp3) is 0. The van der Waals surface area contributed by atoms with Crippen LogP contribution in [0.15, 0.2) is 0 Å². The molecule has 0 aromatic rings. The Kier molecular flexibility index (Phi) is 1710. The summed E-state index contributed by atoms with van der Waals surface area (Å²) in [7, 11) is 0. The molecule has 0 amide bonds. The largest absolute Gasteiger partial charge is 2.00 e. The van der Waals surface area contributed by atoms with Gasteiger partial charge in [0.2, 0.25) is 0 Å². The summed E-state index contributed by atoms with van der Waals surface area (Å²) in [6, 6.07) is 0. The third kappa shape index (κ3) is 88.6. The van der Waals surface area contributed by atoms with Crippen molar-refractivity contribution >= 4 is 91.0 Å². The summed E-state index contributed by atoms with van der Waals surface area (Å²) in [6.07, 6.45) is 0. The molecule has 0 aliphatic heterocycles. The van der Waals surface area contributed by atoms with Gasteiger partial charge in [0.1, 0.15) is 0 Å². The summed E-state index contributed by atoms with van der Waals surface area (Å²) in [4.78, 5) is 0. The molecule has 0 saturated carbocycles. The molecule has 0 aromatic carbocycles. The van der Waals surface area contributed by atoms with Gasteiger partial charge in [-0.2, -0.15) is 0 Å². The van der Waals surface area contributed by atoms with Gasteiger partial charge in [-0.1, -0.05) is 0 Å². The van der Waals surface area contributed by atoms with Crippen molar-refractivity contribution in [3.63, 3.8) is 0 Å². The van der Waals surface area contributed by atoms with E-state index in [1.165, 1.54) is 0 Å². The Morgan fingerprint density at radius 3 is 0.333 bits per heavy atom. The van der Waals surface area contributed by atoms with Crippen LogP contribution in [0.1, 0.15) is 0 Å². The summed E-state index contributed by atoms with van der Waals surface area (Å²) in [6.45, 7) is 0. The van der Waals surface area contributed by atoms with Crippen LogP contribution in [0.3, 0.4) is 0 Å². The fourth-order valence-electron chi connectivity index (χ4n) is 0. The maximum Gasteiger partial charge on any atom is 2.00 e. The van der Waals surface area contributed by atoms with Gasteiger partial charge in [-0.05, 0) is 0 Å². The van der Waals surface area contributed by atoms with E-state index < -0.39 is 0 Å². The monoisotopic (exact) mass is 342 g/mol. The van der Waals surface area contributed by atoms with Crippen LogP contribution in [0.2, 0.25) is 0 Å². The maximum absolute atomic E-state index is 0. The van der Waals surface area contributed by atoms with Crippen LogP contribution < -0.4 is 0 Å². The van der Waals surface area contributed by atoms with Gasteiger partial charge in [0.15, 0.2) is 0 Å². The van der Waals surface area contributed by atoms with E-state index in [2.05, 4.69) is 0 Å². The van der Waals surface area contributed by atoms with Crippen molar-refractivity contribution < 1.29 is 52.3 Å². The predicted octanol–water partition coefficient (Wildman–Crippen LogP) is -1.82. The molecule has 0 unspecified atom stereocenters. The zero-order chi connectivity index (χ0) is 0. The standard InChI is InChI=1S/6H2O.2Sr.Zn/h6*1H2;;;/q;;;;;;3*+2/p-6. The first kappa shape index (κ1) is 142. The molecule has 0 aliphatic carbocycles. The van der Waals surface area contributed by atoms with Crippen LogP contribution in [0.25, 0.3) is 0 Å². The van der Waals surface area contributed by atoms with Gasteiger partial charge < -0.3 is 32.9 Å². The van der Waals surface area contributed by atoms with E-state index in [4.69, 9.17) is 0 Å². The van der Waals surface area contributed by atoms with Crippen molar-refractivity contribution in [3.05, 3.63) is 0 Å². The smallest absolute Gasteiger partial charge is 0.870 e. The van der Waals surface area contributed by atoms with Crippen LogP contribution in [-0.4, -0.2) is 124 Å². The first-order valence-electron chi connectivity index (χ1n) is 0. The van der Waals surface area contributed by atoms with Crippen LogP contribution in [0, 0.1) is 0 Å². The second-order valence-electron chi connectivity index (χ2n) is 0. The Bertz CT molecular complexity index is 11.0. The van der Waals surface area contributed by atoms with Gasteiger partial charge in [0.05, 0.1) is 0 Å². The number of rotatable bonds is 0.